The van der Waals surface area contributed by atoms with Gasteiger partial charge in [0.2, 0.25) is 5.95 Å². The molecule has 1 aromatic heterocycles. The third kappa shape index (κ3) is 5.54. The van der Waals surface area contributed by atoms with E-state index in [9.17, 15) is 4.79 Å². The molecule has 9 heteroatoms. The summed E-state index contributed by atoms with van der Waals surface area (Å²) in [7, 11) is 1.75. The van der Waals surface area contributed by atoms with Gasteiger partial charge in [-0.15, -0.1) is 5.10 Å². The molecule has 8 nitrogen and oxygen atoms in total. The van der Waals surface area contributed by atoms with Gasteiger partial charge in [-0.25, -0.2) is 14.5 Å². The summed E-state index contributed by atoms with van der Waals surface area (Å²) in [6, 6.07) is 26.4. The molecule has 1 fully saturated rings. The second kappa shape index (κ2) is 11.2. The Morgan fingerprint density at radius 3 is 2.26 bits per heavy atom. The Labute approximate surface area is 232 Å². The number of nitrogens with zero attached hydrogens (tertiary/aromatic N) is 6. The number of aromatic nitrogens is 3. The zero-order valence-electron chi connectivity index (χ0n) is 21.9. The van der Waals surface area contributed by atoms with E-state index in [2.05, 4.69) is 41.3 Å². The van der Waals surface area contributed by atoms with E-state index in [1.165, 1.54) is 10.2 Å². The topological polar surface area (TPSA) is 67.9 Å². The average molecular weight is 543 g/mol. The summed E-state index contributed by atoms with van der Waals surface area (Å²) in [4.78, 5) is 15.6. The Morgan fingerprint density at radius 1 is 0.897 bits per heavy atom. The summed E-state index contributed by atoms with van der Waals surface area (Å²) in [6.45, 7) is 5.38. The predicted molar refractivity (Wildman–Crippen MR) is 154 cm³/mol. The molecule has 200 valence electrons. The van der Waals surface area contributed by atoms with Gasteiger partial charge in [0.1, 0.15) is 0 Å². The van der Waals surface area contributed by atoms with Crippen molar-refractivity contribution in [3.05, 3.63) is 117 Å². The van der Waals surface area contributed by atoms with Crippen molar-refractivity contribution in [1.29, 1.82) is 0 Å². The minimum atomic E-state index is -0.172. The summed E-state index contributed by atoms with van der Waals surface area (Å²) < 4.78 is 8.53. The van der Waals surface area contributed by atoms with Crippen LogP contribution in [0.2, 0.25) is 5.02 Å². The standard InChI is InChI=1S/C30H31ClN6O2/c1-34-29(33-37(30(34)38)20-23-9-7-22(8-10-23)19-35-15-17-39-18-16-35)36-21-27(24-5-3-2-4-6-24)28(32-36)25-11-13-26(31)14-12-25/h2-14,27H,15-21H2,1H3/t27-/m0/s1. The second-order valence-electron chi connectivity index (χ2n) is 10.0. The van der Waals surface area contributed by atoms with Crippen LogP contribution >= 0.6 is 11.6 Å². The first-order valence-electron chi connectivity index (χ1n) is 13.2. The molecule has 0 spiro atoms. The molecule has 39 heavy (non-hydrogen) atoms. The molecule has 0 bridgehead atoms. The molecule has 0 unspecified atom stereocenters. The van der Waals surface area contributed by atoms with E-state index in [0.717, 1.165) is 55.3 Å². The molecular weight excluding hydrogens is 512 g/mol. The van der Waals surface area contributed by atoms with Gasteiger partial charge in [-0.3, -0.25) is 9.47 Å². The molecular formula is C30H31ClN6O2. The smallest absolute Gasteiger partial charge is 0.347 e. The van der Waals surface area contributed by atoms with Gasteiger partial charge >= 0.3 is 5.69 Å². The SMILES string of the molecule is Cn1c(N2C[C@@H](c3ccccc3)C(c3ccc(Cl)cc3)=N2)nn(Cc2ccc(CN3CCOCC3)cc2)c1=O. The van der Waals surface area contributed by atoms with Crippen LogP contribution < -0.4 is 10.7 Å². The summed E-state index contributed by atoms with van der Waals surface area (Å²) in [6.07, 6.45) is 0. The third-order valence-corrected chi connectivity index (χ3v) is 7.62. The number of benzene rings is 3. The fourth-order valence-electron chi connectivity index (χ4n) is 5.20. The maximum absolute atomic E-state index is 13.2. The minimum Gasteiger partial charge on any atom is -0.379 e. The van der Waals surface area contributed by atoms with E-state index in [0.29, 0.717) is 24.1 Å². The van der Waals surface area contributed by atoms with Gasteiger partial charge in [-0.2, -0.15) is 5.10 Å². The molecule has 1 saturated heterocycles. The highest BCUT2D eigenvalue weighted by Crippen LogP contribution is 2.31. The van der Waals surface area contributed by atoms with Crippen LogP contribution in [0.25, 0.3) is 0 Å². The molecule has 0 amide bonds. The lowest BCUT2D eigenvalue weighted by atomic mass is 9.91. The second-order valence-corrected chi connectivity index (χ2v) is 10.5. The van der Waals surface area contributed by atoms with Crippen molar-refractivity contribution in [2.24, 2.45) is 12.1 Å². The van der Waals surface area contributed by atoms with Crippen molar-refractivity contribution in [1.82, 2.24) is 19.2 Å². The fraction of sp³-hybridized carbons (Fsp3) is 0.300. The van der Waals surface area contributed by atoms with Gasteiger partial charge in [0, 0.05) is 37.6 Å². The van der Waals surface area contributed by atoms with E-state index < -0.39 is 0 Å². The lowest BCUT2D eigenvalue weighted by Gasteiger charge is -2.26. The maximum Gasteiger partial charge on any atom is 0.347 e. The average Bonchev–Trinajstić information content (AvgIpc) is 3.53. The van der Waals surface area contributed by atoms with Crippen LogP contribution in [0.5, 0.6) is 0 Å². The Morgan fingerprint density at radius 2 is 1.56 bits per heavy atom. The first kappa shape index (κ1) is 25.6. The zero-order chi connectivity index (χ0) is 26.8. The number of rotatable bonds is 7. The minimum absolute atomic E-state index is 0.0339. The van der Waals surface area contributed by atoms with Crippen molar-refractivity contribution in [3.63, 3.8) is 0 Å². The highest BCUT2D eigenvalue weighted by Gasteiger charge is 2.32. The van der Waals surface area contributed by atoms with E-state index in [4.69, 9.17) is 26.5 Å². The van der Waals surface area contributed by atoms with Crippen LogP contribution in [0, 0.1) is 0 Å². The van der Waals surface area contributed by atoms with E-state index in [-0.39, 0.29) is 11.6 Å². The van der Waals surface area contributed by atoms with Crippen molar-refractivity contribution in [2.75, 3.05) is 37.9 Å². The Balaban J connectivity index is 1.24. The van der Waals surface area contributed by atoms with Crippen LogP contribution in [0.15, 0.2) is 88.8 Å². The normalized spacial score (nSPS) is 17.9. The third-order valence-electron chi connectivity index (χ3n) is 7.37. The molecule has 2 aliphatic rings. The molecule has 0 radical (unpaired) electrons. The number of halogens is 1. The fourth-order valence-corrected chi connectivity index (χ4v) is 5.33. The van der Waals surface area contributed by atoms with Crippen molar-refractivity contribution < 1.29 is 4.74 Å². The van der Waals surface area contributed by atoms with Gasteiger partial charge in [-0.1, -0.05) is 78.3 Å². The maximum atomic E-state index is 13.2. The summed E-state index contributed by atoms with van der Waals surface area (Å²) >= 11 is 6.15. The van der Waals surface area contributed by atoms with Crippen molar-refractivity contribution >= 4 is 23.3 Å². The molecule has 3 heterocycles. The highest BCUT2D eigenvalue weighted by molar-refractivity contribution is 6.30. The molecule has 3 aromatic carbocycles. The van der Waals surface area contributed by atoms with Crippen LogP contribution in [-0.2, 0) is 24.9 Å². The molecule has 1 atom stereocenters. The van der Waals surface area contributed by atoms with E-state index in [1.807, 2.05) is 47.5 Å². The zero-order valence-corrected chi connectivity index (χ0v) is 22.7. The van der Waals surface area contributed by atoms with E-state index in [1.54, 1.807) is 11.6 Å². The molecule has 6 rings (SSSR count). The lowest BCUT2D eigenvalue weighted by molar-refractivity contribution is 0.0342. The molecule has 2 aliphatic heterocycles. The highest BCUT2D eigenvalue weighted by atomic mass is 35.5. The predicted octanol–water partition coefficient (Wildman–Crippen LogP) is 4.12. The first-order chi connectivity index (χ1) is 19.0. The van der Waals surface area contributed by atoms with Crippen LogP contribution in [0.1, 0.15) is 28.2 Å². The van der Waals surface area contributed by atoms with Crippen LogP contribution in [0.3, 0.4) is 0 Å². The molecule has 0 saturated carbocycles. The summed E-state index contributed by atoms with van der Waals surface area (Å²) in [5, 5.41) is 12.2. The molecule has 0 N–H and O–H groups in total. The monoisotopic (exact) mass is 542 g/mol. The number of hydrogen-bond donors (Lipinski definition) is 0. The summed E-state index contributed by atoms with van der Waals surface area (Å²) in [5.74, 6) is 0.556. The number of ether oxygens (including phenoxy) is 1. The van der Waals surface area contributed by atoms with Gasteiger partial charge in [0.05, 0.1) is 32.0 Å². The molecule has 0 aliphatic carbocycles. The Bertz CT molecular complexity index is 1510. The van der Waals surface area contributed by atoms with Crippen molar-refractivity contribution in [3.8, 4) is 0 Å². The van der Waals surface area contributed by atoms with Gasteiger partial charge in [0.15, 0.2) is 0 Å². The Hall–Kier alpha value is -3.72. The van der Waals surface area contributed by atoms with Crippen LogP contribution in [-0.4, -0.2) is 57.8 Å². The number of anilines is 1. The molecule has 4 aromatic rings. The number of morpholine rings is 1. The largest absolute Gasteiger partial charge is 0.379 e. The number of hydrazone groups is 1. The van der Waals surface area contributed by atoms with Gasteiger partial charge in [-0.05, 0) is 34.4 Å². The van der Waals surface area contributed by atoms with Crippen molar-refractivity contribution in [2.45, 2.75) is 19.0 Å². The summed E-state index contributed by atoms with van der Waals surface area (Å²) in [5.41, 5.74) is 5.20. The lowest BCUT2D eigenvalue weighted by Crippen LogP contribution is -2.35. The van der Waals surface area contributed by atoms with Gasteiger partial charge in [0.25, 0.3) is 0 Å². The first-order valence-corrected chi connectivity index (χ1v) is 13.6. The number of hydrogen-bond acceptors (Lipinski definition) is 6. The van der Waals surface area contributed by atoms with E-state index >= 15 is 0 Å². The van der Waals surface area contributed by atoms with Crippen LogP contribution in [0.4, 0.5) is 5.95 Å². The Kier molecular flexibility index (Phi) is 7.32. The van der Waals surface area contributed by atoms with Gasteiger partial charge < -0.3 is 4.74 Å². The quantitative estimate of drug-likeness (QED) is 0.351.